The lowest BCUT2D eigenvalue weighted by molar-refractivity contribution is 0.0200. The number of nitrogens with one attached hydrogen (secondary N) is 2. The summed E-state index contributed by atoms with van der Waals surface area (Å²) in [6, 6.07) is 0. The molecule has 21 heavy (non-hydrogen) atoms. The van der Waals surface area contributed by atoms with Gasteiger partial charge in [0.05, 0.1) is 18.4 Å². The molecule has 0 aromatic heterocycles. The van der Waals surface area contributed by atoms with Gasteiger partial charge in [0.1, 0.15) is 0 Å². The predicted molar refractivity (Wildman–Crippen MR) is 84.8 cm³/mol. The lowest BCUT2D eigenvalue weighted by atomic mass is 10.1. The van der Waals surface area contributed by atoms with E-state index in [0.29, 0.717) is 13.2 Å². The van der Waals surface area contributed by atoms with Crippen LogP contribution in [-0.2, 0) is 14.8 Å². The number of aliphatic imine (C=N–C) groups is 1. The Labute approximate surface area is 127 Å². The molecule has 0 bridgehead atoms. The first-order chi connectivity index (χ1) is 9.68. The Morgan fingerprint density at radius 3 is 2.67 bits per heavy atom. The van der Waals surface area contributed by atoms with Crippen molar-refractivity contribution in [3.63, 3.8) is 0 Å². The van der Waals surface area contributed by atoms with Gasteiger partial charge in [-0.1, -0.05) is 0 Å². The third-order valence-electron chi connectivity index (χ3n) is 2.95. The van der Waals surface area contributed by atoms with Gasteiger partial charge in [-0.15, -0.1) is 0 Å². The van der Waals surface area contributed by atoms with E-state index < -0.39 is 10.0 Å². The van der Waals surface area contributed by atoms with Crippen LogP contribution >= 0.6 is 0 Å². The highest BCUT2D eigenvalue weighted by atomic mass is 32.2. The van der Waals surface area contributed by atoms with E-state index in [9.17, 15) is 8.42 Å². The Hall–Kier alpha value is -0.860. The minimum absolute atomic E-state index is 0.00958. The number of nitrogens with zero attached hydrogens (tertiary/aromatic N) is 1. The first-order valence-electron chi connectivity index (χ1n) is 7.35. The number of nitrogens with two attached hydrogens (primary N) is 1. The quantitative estimate of drug-likeness (QED) is 0.478. The van der Waals surface area contributed by atoms with Gasteiger partial charge >= 0.3 is 0 Å². The molecule has 0 amide bonds. The van der Waals surface area contributed by atoms with Crippen molar-refractivity contribution in [1.29, 1.82) is 0 Å². The summed E-state index contributed by atoms with van der Waals surface area (Å²) in [7, 11) is -3.34. The van der Waals surface area contributed by atoms with E-state index in [2.05, 4.69) is 15.0 Å². The zero-order valence-corrected chi connectivity index (χ0v) is 14.0. The van der Waals surface area contributed by atoms with Crippen LogP contribution in [0.4, 0.5) is 0 Å². The van der Waals surface area contributed by atoms with E-state index in [0.717, 1.165) is 19.3 Å². The van der Waals surface area contributed by atoms with Crippen LogP contribution in [-0.4, -0.2) is 51.5 Å². The SMILES string of the molecule is CC(C)(C)NC(N)=NCCS(=O)(=O)NCC1CCCCO1. The molecule has 7 nitrogen and oxygen atoms in total. The normalized spacial score (nSPS) is 21.3. The number of rotatable bonds is 6. The second-order valence-corrected chi connectivity index (χ2v) is 8.22. The molecule has 1 saturated heterocycles. The van der Waals surface area contributed by atoms with Crippen LogP contribution in [0.3, 0.4) is 0 Å². The molecule has 0 radical (unpaired) electrons. The van der Waals surface area contributed by atoms with Crippen LogP contribution in [0.5, 0.6) is 0 Å². The second-order valence-electron chi connectivity index (χ2n) is 6.30. The fourth-order valence-electron chi connectivity index (χ4n) is 1.97. The third kappa shape index (κ3) is 8.90. The summed E-state index contributed by atoms with van der Waals surface area (Å²) in [5.41, 5.74) is 5.49. The number of ether oxygens (including phenoxy) is 1. The van der Waals surface area contributed by atoms with E-state index >= 15 is 0 Å². The van der Waals surface area contributed by atoms with Gasteiger partial charge < -0.3 is 15.8 Å². The molecule has 4 N–H and O–H groups in total. The van der Waals surface area contributed by atoms with Crippen molar-refractivity contribution >= 4 is 16.0 Å². The molecule has 0 saturated carbocycles. The molecule has 1 aliphatic rings. The molecule has 1 fully saturated rings. The zero-order chi connectivity index (χ0) is 15.9. The zero-order valence-electron chi connectivity index (χ0n) is 13.2. The fourth-order valence-corrected chi connectivity index (χ4v) is 2.89. The van der Waals surface area contributed by atoms with Gasteiger partial charge in [0.2, 0.25) is 10.0 Å². The maximum atomic E-state index is 11.8. The van der Waals surface area contributed by atoms with E-state index in [1.54, 1.807) is 0 Å². The molecule has 1 heterocycles. The van der Waals surface area contributed by atoms with Crippen molar-refractivity contribution in [1.82, 2.24) is 10.0 Å². The molecular weight excluding hydrogens is 292 g/mol. The second kappa shape index (κ2) is 7.95. The average Bonchev–Trinajstić information content (AvgIpc) is 2.35. The Bertz CT molecular complexity index is 437. The first kappa shape index (κ1) is 18.2. The van der Waals surface area contributed by atoms with E-state index in [1.165, 1.54) is 0 Å². The molecule has 1 atom stereocenters. The molecule has 0 aromatic carbocycles. The number of sulfonamides is 1. The van der Waals surface area contributed by atoms with Crippen LogP contribution < -0.4 is 15.8 Å². The molecule has 1 aliphatic heterocycles. The topological polar surface area (TPSA) is 106 Å². The van der Waals surface area contributed by atoms with E-state index in [4.69, 9.17) is 10.5 Å². The monoisotopic (exact) mass is 320 g/mol. The maximum absolute atomic E-state index is 11.8. The van der Waals surface area contributed by atoms with Crippen LogP contribution in [0.25, 0.3) is 0 Å². The highest BCUT2D eigenvalue weighted by molar-refractivity contribution is 7.89. The van der Waals surface area contributed by atoms with Crippen LogP contribution in [0.15, 0.2) is 4.99 Å². The standard InChI is InChI=1S/C13H28N4O3S/c1-13(2,3)17-12(14)15-7-9-21(18,19)16-10-11-6-4-5-8-20-11/h11,16H,4-10H2,1-3H3,(H3,14,15,17). The summed E-state index contributed by atoms with van der Waals surface area (Å²) in [5.74, 6) is 0.181. The highest BCUT2D eigenvalue weighted by Crippen LogP contribution is 2.11. The van der Waals surface area contributed by atoms with Gasteiger partial charge in [0.15, 0.2) is 5.96 Å². The summed E-state index contributed by atoms with van der Waals surface area (Å²) in [5, 5.41) is 2.98. The highest BCUT2D eigenvalue weighted by Gasteiger charge is 2.17. The van der Waals surface area contributed by atoms with Crippen molar-refractivity contribution in [2.45, 2.75) is 51.7 Å². The number of hydrogen-bond acceptors (Lipinski definition) is 4. The van der Waals surface area contributed by atoms with Crippen molar-refractivity contribution in [3.05, 3.63) is 0 Å². The van der Waals surface area contributed by atoms with Crippen molar-refractivity contribution in [2.75, 3.05) is 25.4 Å². The van der Waals surface area contributed by atoms with Gasteiger partial charge in [0.25, 0.3) is 0 Å². The number of hydrogen-bond donors (Lipinski definition) is 3. The lowest BCUT2D eigenvalue weighted by Crippen LogP contribution is -2.45. The molecular formula is C13H28N4O3S. The van der Waals surface area contributed by atoms with Gasteiger partial charge in [-0.05, 0) is 40.0 Å². The summed E-state index contributed by atoms with van der Waals surface area (Å²) >= 11 is 0. The first-order valence-corrected chi connectivity index (χ1v) is 9.00. The summed E-state index contributed by atoms with van der Waals surface area (Å²) in [6.45, 7) is 7.05. The predicted octanol–water partition coefficient (Wildman–Crippen LogP) is 0.178. The van der Waals surface area contributed by atoms with Gasteiger partial charge in [-0.25, -0.2) is 13.1 Å². The van der Waals surface area contributed by atoms with Crippen LogP contribution in [0.2, 0.25) is 0 Å². The van der Waals surface area contributed by atoms with Gasteiger partial charge in [-0.2, -0.15) is 0 Å². The maximum Gasteiger partial charge on any atom is 0.213 e. The Balaban J connectivity index is 2.30. The molecule has 124 valence electrons. The van der Waals surface area contributed by atoms with Crippen LogP contribution in [0, 0.1) is 0 Å². The van der Waals surface area contributed by atoms with E-state index in [1.807, 2.05) is 20.8 Å². The molecule has 1 rings (SSSR count). The Kier molecular flexibility index (Phi) is 6.89. The van der Waals surface area contributed by atoms with Crippen molar-refractivity contribution in [3.8, 4) is 0 Å². The number of guanidine groups is 1. The fraction of sp³-hybridized carbons (Fsp3) is 0.923. The third-order valence-corrected chi connectivity index (χ3v) is 4.28. The minimum Gasteiger partial charge on any atom is -0.377 e. The van der Waals surface area contributed by atoms with Gasteiger partial charge in [-0.3, -0.25) is 4.99 Å². The summed E-state index contributed by atoms with van der Waals surface area (Å²) in [4.78, 5) is 4.02. The van der Waals surface area contributed by atoms with Crippen molar-refractivity contribution < 1.29 is 13.2 Å². The van der Waals surface area contributed by atoms with Crippen molar-refractivity contribution in [2.24, 2.45) is 10.7 Å². The molecule has 0 aliphatic carbocycles. The average molecular weight is 320 g/mol. The Morgan fingerprint density at radius 2 is 2.10 bits per heavy atom. The molecule has 1 unspecified atom stereocenters. The van der Waals surface area contributed by atoms with E-state index in [-0.39, 0.29) is 29.9 Å². The lowest BCUT2D eigenvalue weighted by Gasteiger charge is -2.22. The molecule has 0 spiro atoms. The smallest absolute Gasteiger partial charge is 0.213 e. The summed E-state index contributed by atoms with van der Waals surface area (Å²) in [6.07, 6.45) is 3.04. The van der Waals surface area contributed by atoms with Gasteiger partial charge in [0, 0.05) is 18.7 Å². The summed E-state index contributed by atoms with van der Waals surface area (Å²) < 4.78 is 31.7. The molecule has 8 heteroatoms. The van der Waals surface area contributed by atoms with Crippen LogP contribution in [0.1, 0.15) is 40.0 Å². The largest absolute Gasteiger partial charge is 0.377 e. The Morgan fingerprint density at radius 1 is 1.38 bits per heavy atom. The minimum atomic E-state index is -3.34. The molecule has 0 aromatic rings.